The van der Waals surface area contributed by atoms with Crippen LogP contribution in [0.4, 0.5) is 0 Å². The van der Waals surface area contributed by atoms with E-state index in [1.54, 1.807) is 26.4 Å². The quantitative estimate of drug-likeness (QED) is 0.144. The Hall–Kier alpha value is -6.50. The van der Waals surface area contributed by atoms with Gasteiger partial charge in [-0.1, -0.05) is 71.7 Å². The molecule has 0 spiro atoms. The van der Waals surface area contributed by atoms with Crippen molar-refractivity contribution in [1.29, 1.82) is 0 Å². The van der Waals surface area contributed by atoms with E-state index < -0.39 is 0 Å². The molecule has 0 radical (unpaired) electrons. The lowest BCUT2D eigenvalue weighted by molar-refractivity contribution is 0.0681. The molecule has 6 atom stereocenters. The maximum atomic E-state index is 14.3. The van der Waals surface area contributed by atoms with Crippen LogP contribution in [-0.2, 0) is 0 Å². The number of hydrogen-bond acceptors (Lipinski definition) is 8. The molecule has 2 amide bonds. The van der Waals surface area contributed by atoms with E-state index in [0.717, 1.165) is 81.4 Å². The molecule has 6 heterocycles. The Morgan fingerprint density at radius 3 is 1.48 bits per heavy atom. The van der Waals surface area contributed by atoms with E-state index in [4.69, 9.17) is 42.6 Å². The summed E-state index contributed by atoms with van der Waals surface area (Å²) in [7, 11) is 3.21. The third-order valence-corrected chi connectivity index (χ3v) is 13.8. The lowest BCUT2D eigenvalue weighted by Gasteiger charge is -2.26. The third kappa shape index (κ3) is 5.94. The molecule has 0 bridgehead atoms. The number of ether oxygens (including phenoxy) is 2. The molecule has 2 N–H and O–H groups in total. The molecule has 12 nitrogen and oxygen atoms in total. The highest BCUT2D eigenvalue weighted by Crippen LogP contribution is 2.55. The Labute approximate surface area is 365 Å². The van der Waals surface area contributed by atoms with Gasteiger partial charge >= 0.3 is 0 Å². The summed E-state index contributed by atoms with van der Waals surface area (Å²) < 4.78 is 11.1. The van der Waals surface area contributed by atoms with Crippen LogP contribution in [0, 0.1) is 11.8 Å². The van der Waals surface area contributed by atoms with Crippen molar-refractivity contribution >= 4 is 67.3 Å². The summed E-state index contributed by atoms with van der Waals surface area (Å²) in [5.41, 5.74) is 4.39. The van der Waals surface area contributed by atoms with Gasteiger partial charge in [-0.05, 0) is 84.7 Å². The molecule has 2 saturated carbocycles. The number of likely N-dealkylation sites (tertiary alicyclic amines) is 2. The molecule has 62 heavy (non-hydrogen) atoms. The standard InChI is InChI=1S/C48H38Cl2N8O4/c1-61-39-7-3-5-29-31(39)19-41(49)55-43(29)47(59)57-35-15-27(35)17-37(57)45-51-21-33(53-45)25-11-9-24-14-26(12-10-23(24)13-25)34-22-52-46(54-34)38-18-28-16-36(28)58(38)48(60)44-30-6-4-8-40(62-2)32(30)20-42(50)56-44/h3-14,19-22,27-28,35-38H,15-18H2,1-2H3,(H,51,53)(H,52,54)/t27-,28-,35-,36-,37+,38+/m1/s1. The number of pyridine rings is 2. The van der Waals surface area contributed by atoms with Crippen molar-refractivity contribution in [3.8, 4) is 34.0 Å². The largest absolute Gasteiger partial charge is 0.496 e. The fourth-order valence-electron chi connectivity index (χ4n) is 10.2. The van der Waals surface area contributed by atoms with Gasteiger partial charge < -0.3 is 29.2 Å². The van der Waals surface area contributed by atoms with Crippen LogP contribution in [0.1, 0.15) is 70.4 Å². The molecular weight excluding hydrogens is 823 g/mol. The molecular formula is C48H38Cl2N8O4. The molecule has 2 aliphatic heterocycles. The maximum absolute atomic E-state index is 14.3. The summed E-state index contributed by atoms with van der Waals surface area (Å²) in [5, 5.41) is 5.56. The second-order valence-electron chi connectivity index (χ2n) is 16.9. The number of fused-ring (bicyclic) bond motifs is 5. The Morgan fingerprint density at radius 2 is 1.05 bits per heavy atom. The highest BCUT2D eigenvalue weighted by atomic mass is 35.5. The van der Waals surface area contributed by atoms with Crippen LogP contribution in [0.5, 0.6) is 11.5 Å². The van der Waals surface area contributed by atoms with Crippen molar-refractivity contribution in [3.05, 3.63) is 131 Å². The number of imidazole rings is 2. The number of piperidine rings is 2. The van der Waals surface area contributed by atoms with Crippen molar-refractivity contribution in [1.82, 2.24) is 39.7 Å². The van der Waals surface area contributed by atoms with Gasteiger partial charge in [0.1, 0.15) is 44.8 Å². The molecule has 2 aliphatic carbocycles. The van der Waals surface area contributed by atoms with E-state index in [2.05, 4.69) is 56.3 Å². The highest BCUT2D eigenvalue weighted by molar-refractivity contribution is 6.31. The number of aromatic nitrogens is 6. The predicted molar refractivity (Wildman–Crippen MR) is 237 cm³/mol. The molecule has 12 rings (SSSR count). The normalized spacial score (nSPS) is 22.3. The van der Waals surface area contributed by atoms with Gasteiger partial charge in [-0.25, -0.2) is 19.9 Å². The SMILES string of the molecule is COc1cccc2c(C(=O)N3[C@@H]4C[C@@H]4C[C@H]3c3ncc(-c4ccc5cc(-c6cnc([C@@H]7C[C@H]8C[C@H]8N7C(=O)c7nc(Cl)cc8c(OC)cccc78)[nH]6)ccc5c4)[nH]3)nc(Cl)cc12. The minimum atomic E-state index is -0.207. The number of benzene rings is 4. The van der Waals surface area contributed by atoms with Gasteiger partial charge in [-0.15, -0.1) is 0 Å². The molecule has 308 valence electrons. The fourth-order valence-corrected chi connectivity index (χ4v) is 10.6. The van der Waals surface area contributed by atoms with Crippen molar-refractivity contribution in [2.45, 2.75) is 49.9 Å². The summed E-state index contributed by atoms with van der Waals surface area (Å²) in [6, 6.07) is 27.3. The number of hydrogen-bond donors (Lipinski definition) is 2. The van der Waals surface area contributed by atoms with Gasteiger partial charge in [0.05, 0.1) is 50.1 Å². The van der Waals surface area contributed by atoms with Crippen molar-refractivity contribution in [2.75, 3.05) is 14.2 Å². The number of rotatable bonds is 8. The van der Waals surface area contributed by atoms with E-state index in [9.17, 15) is 9.59 Å². The molecule has 0 unspecified atom stereocenters. The Kier molecular flexibility index (Phi) is 8.43. The van der Waals surface area contributed by atoms with Crippen LogP contribution in [0.2, 0.25) is 10.3 Å². The van der Waals surface area contributed by atoms with Crippen molar-refractivity contribution in [2.24, 2.45) is 11.8 Å². The topological polar surface area (TPSA) is 142 Å². The summed E-state index contributed by atoms with van der Waals surface area (Å²) in [6.07, 6.45) is 7.32. The van der Waals surface area contributed by atoms with E-state index in [1.807, 2.05) is 58.6 Å². The zero-order valence-corrected chi connectivity index (χ0v) is 35.1. The number of nitrogens with zero attached hydrogens (tertiary/aromatic N) is 6. The molecule has 4 fully saturated rings. The first-order valence-electron chi connectivity index (χ1n) is 20.8. The average molecular weight is 862 g/mol. The number of halogens is 2. The van der Waals surface area contributed by atoms with Gasteiger partial charge in [0.15, 0.2) is 0 Å². The summed E-state index contributed by atoms with van der Waals surface area (Å²) in [5.74, 6) is 3.35. The number of carbonyl (C=O) groups is 2. The van der Waals surface area contributed by atoms with Gasteiger partial charge in [-0.3, -0.25) is 9.59 Å². The summed E-state index contributed by atoms with van der Waals surface area (Å²) in [4.78, 5) is 58.4. The lowest BCUT2D eigenvalue weighted by atomic mass is 10.0. The van der Waals surface area contributed by atoms with Crippen LogP contribution in [0.25, 0.3) is 54.8 Å². The first-order valence-corrected chi connectivity index (χ1v) is 21.6. The Morgan fingerprint density at radius 1 is 0.597 bits per heavy atom. The molecule has 4 aromatic carbocycles. The lowest BCUT2D eigenvalue weighted by Crippen LogP contribution is -2.34. The van der Waals surface area contributed by atoms with E-state index in [1.165, 1.54) is 0 Å². The number of carbonyl (C=O) groups excluding carboxylic acids is 2. The van der Waals surface area contributed by atoms with Gasteiger partial charge in [0, 0.05) is 44.8 Å². The fraction of sp³-hybridized carbons (Fsp3) is 0.250. The second kappa shape index (κ2) is 14.0. The minimum absolute atomic E-state index is 0.144. The molecule has 4 aromatic heterocycles. The van der Waals surface area contributed by atoms with Crippen LogP contribution >= 0.6 is 23.2 Å². The monoisotopic (exact) mass is 860 g/mol. The predicted octanol–water partition coefficient (Wildman–Crippen LogP) is 9.99. The van der Waals surface area contributed by atoms with E-state index in [-0.39, 0.29) is 46.3 Å². The summed E-state index contributed by atoms with van der Waals surface area (Å²) >= 11 is 12.9. The zero-order chi connectivity index (χ0) is 42.0. The van der Waals surface area contributed by atoms with Gasteiger partial charge in [-0.2, -0.15) is 0 Å². The summed E-state index contributed by atoms with van der Waals surface area (Å²) in [6.45, 7) is 0. The first-order chi connectivity index (χ1) is 30.2. The number of amides is 2. The smallest absolute Gasteiger partial charge is 0.274 e. The average Bonchev–Trinajstić information content (AvgIpc) is 3.87. The molecule has 2 saturated heterocycles. The minimum Gasteiger partial charge on any atom is -0.496 e. The number of methoxy groups -OCH3 is 2. The number of aromatic amines is 2. The maximum Gasteiger partial charge on any atom is 0.274 e. The second-order valence-corrected chi connectivity index (χ2v) is 17.7. The van der Waals surface area contributed by atoms with E-state index >= 15 is 0 Å². The highest BCUT2D eigenvalue weighted by Gasteiger charge is 2.56. The van der Waals surface area contributed by atoms with Crippen molar-refractivity contribution in [3.63, 3.8) is 0 Å². The van der Waals surface area contributed by atoms with E-state index in [0.29, 0.717) is 45.5 Å². The van der Waals surface area contributed by atoms with Crippen LogP contribution in [0.3, 0.4) is 0 Å². The zero-order valence-electron chi connectivity index (χ0n) is 33.6. The third-order valence-electron chi connectivity index (χ3n) is 13.4. The van der Waals surface area contributed by atoms with Gasteiger partial charge in [0.25, 0.3) is 11.8 Å². The molecule has 14 heteroatoms. The van der Waals surface area contributed by atoms with Crippen LogP contribution in [-0.4, -0.2) is 77.8 Å². The molecule has 8 aromatic rings. The van der Waals surface area contributed by atoms with Crippen LogP contribution in [0.15, 0.2) is 97.3 Å². The van der Waals surface area contributed by atoms with Crippen LogP contribution < -0.4 is 9.47 Å². The number of nitrogens with one attached hydrogen (secondary N) is 2. The van der Waals surface area contributed by atoms with Crippen molar-refractivity contribution < 1.29 is 19.1 Å². The number of H-pyrrole nitrogens is 2. The van der Waals surface area contributed by atoms with Gasteiger partial charge in [0.2, 0.25) is 0 Å². The Balaban J connectivity index is 0.791. The first kappa shape index (κ1) is 37.3. The Bertz CT molecular complexity index is 2970. The molecule has 4 aliphatic rings.